The number of hydrogen-bond donors (Lipinski definition) is 1. The van der Waals surface area contributed by atoms with Gasteiger partial charge in [0, 0.05) is 12.3 Å². The average Bonchev–Trinajstić information content (AvgIpc) is 2.73. The quantitative estimate of drug-likeness (QED) is 0.863. The van der Waals surface area contributed by atoms with Crippen LogP contribution in [0.5, 0.6) is 5.75 Å². The van der Waals surface area contributed by atoms with Crippen molar-refractivity contribution in [3.63, 3.8) is 0 Å². The number of ether oxygens (including phenoxy) is 1. The maximum Gasteiger partial charge on any atom is 0.263 e. The number of nitrogens with one attached hydrogen (secondary N) is 1. The molecule has 0 saturated carbocycles. The number of hydrogen-bond acceptors (Lipinski definition) is 5. The molecule has 1 amide bonds. The average molecular weight is 233 g/mol. The first-order valence-electron chi connectivity index (χ1n) is 5.00. The van der Waals surface area contributed by atoms with Crippen molar-refractivity contribution in [3.05, 3.63) is 36.4 Å². The van der Waals surface area contributed by atoms with Crippen molar-refractivity contribution < 1.29 is 14.1 Å². The molecule has 0 aliphatic rings. The molecular formula is C11H11N3O3. The van der Waals surface area contributed by atoms with Crippen LogP contribution < -0.4 is 10.1 Å². The topological polar surface area (TPSA) is 77.2 Å². The van der Waals surface area contributed by atoms with Crippen molar-refractivity contribution >= 4 is 11.7 Å². The molecule has 6 nitrogen and oxygen atoms in total. The zero-order valence-electron chi connectivity index (χ0n) is 9.21. The molecule has 88 valence electrons. The van der Waals surface area contributed by atoms with E-state index in [2.05, 4.69) is 15.5 Å². The first kappa shape index (κ1) is 11.1. The number of pyridine rings is 1. The summed E-state index contributed by atoms with van der Waals surface area (Å²) in [5, 5.41) is 6.18. The van der Waals surface area contributed by atoms with Crippen molar-refractivity contribution in [2.45, 2.75) is 6.92 Å². The molecule has 2 rings (SSSR count). The lowest BCUT2D eigenvalue weighted by Crippen LogP contribution is -2.20. The van der Waals surface area contributed by atoms with Gasteiger partial charge in [0.25, 0.3) is 5.91 Å². The molecule has 2 aromatic rings. The Kier molecular flexibility index (Phi) is 3.34. The summed E-state index contributed by atoms with van der Waals surface area (Å²) in [5.74, 6) is 1.25. The fourth-order valence-corrected chi connectivity index (χ4v) is 1.19. The van der Waals surface area contributed by atoms with E-state index in [0.717, 1.165) is 0 Å². The number of aryl methyl sites for hydroxylation is 1. The molecule has 0 aliphatic heterocycles. The molecule has 0 atom stereocenters. The zero-order chi connectivity index (χ0) is 12.1. The standard InChI is InChI=1S/C11H11N3O3/c1-8-5-10(14-17-8)13-11(15)7-16-9-3-2-4-12-6-9/h2-6H,7H2,1H3,(H,13,14,15). The van der Waals surface area contributed by atoms with Crippen LogP contribution in [0.3, 0.4) is 0 Å². The molecule has 0 radical (unpaired) electrons. The number of carbonyl (C=O) groups is 1. The fraction of sp³-hybridized carbons (Fsp3) is 0.182. The second kappa shape index (κ2) is 5.11. The van der Waals surface area contributed by atoms with Gasteiger partial charge in [-0.15, -0.1) is 0 Å². The van der Waals surface area contributed by atoms with E-state index in [1.165, 1.54) is 6.20 Å². The molecule has 0 saturated heterocycles. The molecular weight excluding hydrogens is 222 g/mol. The Morgan fingerprint density at radius 1 is 1.59 bits per heavy atom. The van der Waals surface area contributed by atoms with Gasteiger partial charge in [-0.2, -0.15) is 0 Å². The summed E-state index contributed by atoms with van der Waals surface area (Å²) < 4.78 is 10.0. The minimum absolute atomic E-state index is 0.0996. The summed E-state index contributed by atoms with van der Waals surface area (Å²) in [4.78, 5) is 15.3. The highest BCUT2D eigenvalue weighted by Gasteiger charge is 2.06. The number of amides is 1. The summed E-state index contributed by atoms with van der Waals surface area (Å²) in [6, 6.07) is 5.08. The first-order chi connectivity index (χ1) is 8.24. The van der Waals surface area contributed by atoms with E-state index in [9.17, 15) is 4.79 Å². The van der Waals surface area contributed by atoms with Gasteiger partial charge in [0.15, 0.2) is 12.4 Å². The lowest BCUT2D eigenvalue weighted by molar-refractivity contribution is -0.118. The van der Waals surface area contributed by atoms with Crippen LogP contribution in [0.4, 0.5) is 5.82 Å². The van der Waals surface area contributed by atoms with E-state index in [0.29, 0.717) is 17.3 Å². The predicted molar refractivity (Wildman–Crippen MR) is 59.6 cm³/mol. The van der Waals surface area contributed by atoms with Gasteiger partial charge in [-0.25, -0.2) is 0 Å². The van der Waals surface area contributed by atoms with Crippen LogP contribution in [0.15, 0.2) is 35.1 Å². The summed E-state index contributed by atoms with van der Waals surface area (Å²) >= 11 is 0. The molecule has 0 aromatic carbocycles. The zero-order valence-corrected chi connectivity index (χ0v) is 9.21. The Morgan fingerprint density at radius 2 is 2.47 bits per heavy atom. The maximum atomic E-state index is 11.5. The molecule has 2 aromatic heterocycles. The minimum atomic E-state index is -0.304. The highest BCUT2D eigenvalue weighted by molar-refractivity contribution is 5.90. The van der Waals surface area contributed by atoms with Gasteiger partial charge >= 0.3 is 0 Å². The van der Waals surface area contributed by atoms with Gasteiger partial charge in [-0.3, -0.25) is 9.78 Å². The normalized spacial score (nSPS) is 9.94. The van der Waals surface area contributed by atoms with Crippen molar-refractivity contribution in [2.24, 2.45) is 0 Å². The molecule has 2 heterocycles. The summed E-state index contributed by atoms with van der Waals surface area (Å²) in [6.07, 6.45) is 3.17. The minimum Gasteiger partial charge on any atom is -0.482 e. The summed E-state index contributed by atoms with van der Waals surface area (Å²) in [7, 11) is 0. The molecule has 0 bridgehead atoms. The van der Waals surface area contributed by atoms with Gasteiger partial charge in [0.05, 0.1) is 6.20 Å². The van der Waals surface area contributed by atoms with Gasteiger partial charge < -0.3 is 14.6 Å². The first-order valence-corrected chi connectivity index (χ1v) is 5.00. The second-order valence-corrected chi connectivity index (χ2v) is 3.35. The Balaban J connectivity index is 1.82. The lowest BCUT2D eigenvalue weighted by atomic mass is 10.4. The van der Waals surface area contributed by atoms with E-state index >= 15 is 0 Å². The van der Waals surface area contributed by atoms with Gasteiger partial charge in [-0.1, -0.05) is 5.16 Å². The van der Waals surface area contributed by atoms with Crippen LogP contribution in [-0.2, 0) is 4.79 Å². The van der Waals surface area contributed by atoms with Crippen LogP contribution in [0, 0.1) is 6.92 Å². The SMILES string of the molecule is Cc1cc(NC(=O)COc2cccnc2)no1. The molecule has 0 spiro atoms. The number of rotatable bonds is 4. The summed E-state index contributed by atoms with van der Waals surface area (Å²) in [5.41, 5.74) is 0. The van der Waals surface area contributed by atoms with Crippen molar-refractivity contribution in [1.82, 2.24) is 10.1 Å². The molecule has 0 aliphatic carbocycles. The van der Waals surface area contributed by atoms with Crippen molar-refractivity contribution in [1.29, 1.82) is 0 Å². The van der Waals surface area contributed by atoms with Gasteiger partial charge in [0.2, 0.25) is 0 Å². The molecule has 17 heavy (non-hydrogen) atoms. The Bertz CT molecular complexity index is 496. The van der Waals surface area contributed by atoms with Gasteiger partial charge in [-0.05, 0) is 19.1 Å². The van der Waals surface area contributed by atoms with E-state index in [-0.39, 0.29) is 12.5 Å². The van der Waals surface area contributed by atoms with Crippen LogP contribution in [-0.4, -0.2) is 22.7 Å². The fourth-order valence-electron chi connectivity index (χ4n) is 1.19. The van der Waals surface area contributed by atoms with Crippen LogP contribution in [0.1, 0.15) is 5.76 Å². The van der Waals surface area contributed by atoms with Crippen molar-refractivity contribution in [2.75, 3.05) is 11.9 Å². The van der Waals surface area contributed by atoms with E-state index in [4.69, 9.17) is 9.26 Å². The maximum absolute atomic E-state index is 11.5. The summed E-state index contributed by atoms with van der Waals surface area (Å²) in [6.45, 7) is 1.65. The molecule has 0 fully saturated rings. The smallest absolute Gasteiger partial charge is 0.263 e. The Labute approximate surface area is 97.6 Å². The predicted octanol–water partition coefficient (Wildman–Crippen LogP) is 1.40. The number of aromatic nitrogens is 2. The Hall–Kier alpha value is -2.37. The third-order valence-electron chi connectivity index (χ3n) is 1.90. The van der Waals surface area contributed by atoms with E-state index in [1.807, 2.05) is 0 Å². The van der Waals surface area contributed by atoms with E-state index in [1.54, 1.807) is 31.3 Å². The largest absolute Gasteiger partial charge is 0.482 e. The highest BCUT2D eigenvalue weighted by Crippen LogP contribution is 2.08. The van der Waals surface area contributed by atoms with Crippen LogP contribution >= 0.6 is 0 Å². The number of nitrogens with zero attached hydrogens (tertiary/aromatic N) is 2. The monoisotopic (exact) mass is 233 g/mol. The van der Waals surface area contributed by atoms with Crippen LogP contribution in [0.2, 0.25) is 0 Å². The molecule has 6 heteroatoms. The lowest BCUT2D eigenvalue weighted by Gasteiger charge is -2.04. The number of anilines is 1. The third-order valence-corrected chi connectivity index (χ3v) is 1.90. The van der Waals surface area contributed by atoms with Gasteiger partial charge in [0.1, 0.15) is 11.5 Å². The number of carbonyl (C=O) groups excluding carboxylic acids is 1. The van der Waals surface area contributed by atoms with E-state index < -0.39 is 0 Å². The third kappa shape index (κ3) is 3.30. The highest BCUT2D eigenvalue weighted by atomic mass is 16.5. The van der Waals surface area contributed by atoms with Crippen LogP contribution in [0.25, 0.3) is 0 Å². The molecule has 1 N–H and O–H groups in total. The van der Waals surface area contributed by atoms with Crippen molar-refractivity contribution in [3.8, 4) is 5.75 Å². The Morgan fingerprint density at radius 3 is 3.12 bits per heavy atom. The second-order valence-electron chi connectivity index (χ2n) is 3.35. The molecule has 0 unspecified atom stereocenters.